The van der Waals surface area contributed by atoms with Crippen LogP contribution in [0.5, 0.6) is 0 Å². The van der Waals surface area contributed by atoms with Gasteiger partial charge in [-0.1, -0.05) is 18.2 Å². The molecule has 0 bridgehead atoms. The van der Waals surface area contributed by atoms with E-state index in [0.29, 0.717) is 45.1 Å². The third-order valence-electron chi connectivity index (χ3n) is 5.97. The lowest BCUT2D eigenvalue weighted by atomic mass is 10.0. The van der Waals surface area contributed by atoms with Crippen LogP contribution in [0.4, 0.5) is 11.4 Å². The molecule has 196 valence electrons. The van der Waals surface area contributed by atoms with E-state index in [4.69, 9.17) is 14.6 Å². The Morgan fingerprint density at radius 2 is 1.84 bits per heavy atom. The van der Waals surface area contributed by atoms with Crippen molar-refractivity contribution >= 4 is 34.5 Å². The molecule has 4 aromatic rings. The first kappa shape index (κ1) is 26.6. The number of anilines is 2. The van der Waals surface area contributed by atoms with E-state index in [1.165, 1.54) is 6.07 Å². The van der Waals surface area contributed by atoms with Crippen molar-refractivity contribution in [3.63, 3.8) is 0 Å². The summed E-state index contributed by atoms with van der Waals surface area (Å²) in [6, 6.07) is 15.6. The first-order valence-electron chi connectivity index (χ1n) is 12.4. The van der Waals surface area contributed by atoms with Crippen molar-refractivity contribution in [1.82, 2.24) is 4.98 Å². The van der Waals surface area contributed by atoms with Crippen molar-refractivity contribution in [2.24, 2.45) is 0 Å². The molecule has 8 nitrogen and oxygen atoms in total. The van der Waals surface area contributed by atoms with E-state index in [-0.39, 0.29) is 11.5 Å². The highest BCUT2D eigenvalue weighted by Crippen LogP contribution is 2.31. The van der Waals surface area contributed by atoms with Crippen LogP contribution in [0.1, 0.15) is 60.9 Å². The number of aromatic nitrogens is 1. The number of nitrogens with one attached hydrogen (secondary N) is 3. The van der Waals surface area contributed by atoms with E-state index in [9.17, 15) is 9.59 Å². The molecule has 0 aliphatic rings. The number of ether oxygens (including phenoxy) is 1. The molecule has 0 saturated heterocycles. The monoisotopic (exact) mass is 512 g/mol. The fraction of sp³-hybridized carbons (Fsp3) is 0.267. The molecule has 2 aromatic heterocycles. The molecule has 3 N–H and O–H groups in total. The molecule has 2 heterocycles. The summed E-state index contributed by atoms with van der Waals surface area (Å²) < 4.78 is 11.9. The van der Waals surface area contributed by atoms with Crippen LogP contribution in [-0.4, -0.2) is 29.8 Å². The highest BCUT2D eigenvalue weighted by Gasteiger charge is 2.22. The molecule has 0 aliphatic heterocycles. The van der Waals surface area contributed by atoms with Crippen molar-refractivity contribution in [2.75, 3.05) is 17.7 Å². The average Bonchev–Trinajstić information content (AvgIpc) is 2.87. The van der Waals surface area contributed by atoms with Crippen molar-refractivity contribution in [3.8, 4) is 11.5 Å². The maximum atomic E-state index is 13.2. The Hall–Kier alpha value is -4.46. The number of carbonyl (C=O) groups is 1. The van der Waals surface area contributed by atoms with Crippen molar-refractivity contribution < 1.29 is 13.9 Å². The maximum Gasteiger partial charge on any atom is 0.340 e. The minimum Gasteiger partial charge on any atom is -0.456 e. The largest absolute Gasteiger partial charge is 0.456 e. The highest BCUT2D eigenvalue weighted by atomic mass is 16.6. The van der Waals surface area contributed by atoms with Gasteiger partial charge in [-0.2, -0.15) is 0 Å². The number of fused-ring (bicyclic) bond motifs is 1. The third-order valence-corrected chi connectivity index (χ3v) is 5.97. The molecule has 38 heavy (non-hydrogen) atoms. The highest BCUT2D eigenvalue weighted by molar-refractivity contribution is 5.96. The number of pyridine rings is 1. The fourth-order valence-corrected chi connectivity index (χ4v) is 4.25. The van der Waals surface area contributed by atoms with Crippen LogP contribution in [0.15, 0.2) is 63.8 Å². The minimum atomic E-state index is -0.626. The number of nitrogens with zero attached hydrogens (tertiary/aromatic N) is 1. The Balaban J connectivity index is 1.79. The number of carbonyl (C=O) groups excluding carboxylic acids is 1. The van der Waals surface area contributed by atoms with Gasteiger partial charge in [-0.05, 0) is 70.5 Å². The summed E-state index contributed by atoms with van der Waals surface area (Å²) in [5, 5.41) is 14.5. The number of esters is 1. The topological polar surface area (TPSA) is 117 Å². The van der Waals surface area contributed by atoms with Gasteiger partial charge in [0.1, 0.15) is 22.6 Å². The molecule has 8 heteroatoms. The first-order chi connectivity index (χ1) is 18.0. The molecule has 2 aromatic carbocycles. The average molecular weight is 513 g/mol. The zero-order valence-corrected chi connectivity index (χ0v) is 22.4. The second-order valence-electron chi connectivity index (χ2n) is 10.1. The smallest absolute Gasteiger partial charge is 0.340 e. The predicted octanol–water partition coefficient (Wildman–Crippen LogP) is 6.33. The van der Waals surface area contributed by atoms with Gasteiger partial charge in [0.25, 0.3) is 0 Å². The van der Waals surface area contributed by atoms with Crippen LogP contribution < -0.4 is 16.1 Å². The lowest BCUT2D eigenvalue weighted by molar-refractivity contribution is 0.00706. The van der Waals surface area contributed by atoms with E-state index >= 15 is 0 Å². The molecule has 4 rings (SSSR count). The van der Waals surface area contributed by atoms with Gasteiger partial charge in [0, 0.05) is 30.6 Å². The molecule has 0 fully saturated rings. The van der Waals surface area contributed by atoms with Crippen LogP contribution in [0.25, 0.3) is 22.4 Å². The molecule has 1 atom stereocenters. The molecular weight excluding hydrogens is 480 g/mol. The van der Waals surface area contributed by atoms with Crippen molar-refractivity contribution in [3.05, 3.63) is 87.2 Å². The van der Waals surface area contributed by atoms with E-state index in [1.807, 2.05) is 52.8 Å². The summed E-state index contributed by atoms with van der Waals surface area (Å²) in [4.78, 5) is 30.5. The van der Waals surface area contributed by atoms with Gasteiger partial charge < -0.3 is 25.2 Å². The Kier molecular flexibility index (Phi) is 7.35. The number of rotatable bonds is 7. The van der Waals surface area contributed by atoms with Crippen molar-refractivity contribution in [1.29, 1.82) is 5.41 Å². The third kappa shape index (κ3) is 5.59. The molecule has 0 radical (unpaired) electrons. The van der Waals surface area contributed by atoms with Gasteiger partial charge in [0.15, 0.2) is 11.2 Å². The number of benzene rings is 2. The van der Waals surface area contributed by atoms with Crippen molar-refractivity contribution in [2.45, 2.75) is 46.3 Å². The molecule has 0 aliphatic carbocycles. The summed E-state index contributed by atoms with van der Waals surface area (Å²) in [5.41, 5.74) is 3.90. The van der Waals surface area contributed by atoms with Crippen LogP contribution in [0.3, 0.4) is 0 Å². The molecular formula is C30H32N4O4. The summed E-state index contributed by atoms with van der Waals surface area (Å²) in [5.74, 6) is -0.117. The van der Waals surface area contributed by atoms with E-state index in [2.05, 4.69) is 15.6 Å². The Labute approximate surface area is 221 Å². The molecule has 0 amide bonds. The maximum absolute atomic E-state index is 13.2. The lowest BCUT2D eigenvalue weighted by Crippen LogP contribution is -2.24. The second kappa shape index (κ2) is 10.5. The predicted molar refractivity (Wildman–Crippen MR) is 152 cm³/mol. The number of hydrogen-bond donors (Lipinski definition) is 3. The number of aryl methyl sites for hydroxylation is 1. The molecule has 0 saturated carbocycles. The SMILES string of the molecule is CNc1ccc(-c2cc(=O)c3cc(C)cc(C(C)Nc4ccccc4C(=O)OC(C)(C)C)c3o2)nc1C=N. The van der Waals surface area contributed by atoms with Gasteiger partial charge in [-0.3, -0.25) is 4.79 Å². The summed E-state index contributed by atoms with van der Waals surface area (Å²) >= 11 is 0. The minimum absolute atomic E-state index is 0.191. The van der Waals surface area contributed by atoms with Crippen LogP contribution in [0.2, 0.25) is 0 Å². The van der Waals surface area contributed by atoms with E-state index < -0.39 is 11.6 Å². The van der Waals surface area contributed by atoms with E-state index in [1.54, 1.807) is 37.4 Å². The van der Waals surface area contributed by atoms with Crippen LogP contribution in [-0.2, 0) is 4.74 Å². The number of hydrogen-bond acceptors (Lipinski definition) is 8. The van der Waals surface area contributed by atoms with Gasteiger partial charge >= 0.3 is 5.97 Å². The van der Waals surface area contributed by atoms with Crippen LogP contribution in [0, 0.1) is 12.3 Å². The Bertz CT molecular complexity index is 1580. The quantitative estimate of drug-likeness (QED) is 0.196. The zero-order valence-electron chi connectivity index (χ0n) is 22.4. The number of para-hydroxylation sites is 1. The Morgan fingerprint density at radius 1 is 1.11 bits per heavy atom. The summed E-state index contributed by atoms with van der Waals surface area (Å²) in [6.45, 7) is 9.35. The zero-order chi connectivity index (χ0) is 27.6. The second-order valence-corrected chi connectivity index (χ2v) is 10.1. The standard InChI is InChI=1S/C30H32N4O4/c1-17-13-20(18(2)33-22-10-8-7-9-19(22)29(36)38-30(3,4)5)28-21(14-17)26(35)15-27(37-28)24-12-11-23(32-6)25(16-31)34-24/h7-16,18,31-33H,1-6H3. The summed E-state index contributed by atoms with van der Waals surface area (Å²) in [7, 11) is 1.75. The molecule has 0 spiro atoms. The van der Waals surface area contributed by atoms with Gasteiger partial charge in [-0.25, -0.2) is 9.78 Å². The van der Waals surface area contributed by atoms with Gasteiger partial charge in [0.2, 0.25) is 0 Å². The van der Waals surface area contributed by atoms with E-state index in [0.717, 1.165) is 17.3 Å². The normalized spacial score (nSPS) is 12.2. The Morgan fingerprint density at radius 3 is 2.53 bits per heavy atom. The lowest BCUT2D eigenvalue weighted by Gasteiger charge is -2.22. The van der Waals surface area contributed by atoms with Gasteiger partial charge in [-0.15, -0.1) is 0 Å². The first-order valence-corrected chi connectivity index (χ1v) is 12.4. The van der Waals surface area contributed by atoms with Gasteiger partial charge in [0.05, 0.1) is 22.7 Å². The fourth-order valence-electron chi connectivity index (χ4n) is 4.25. The molecule has 1 unspecified atom stereocenters. The van der Waals surface area contributed by atoms with Crippen LogP contribution >= 0.6 is 0 Å². The summed E-state index contributed by atoms with van der Waals surface area (Å²) in [6.07, 6.45) is 1.15.